The number of hydrogen-bond donors (Lipinski definition) is 3. The SMILES string of the molecule is Cc1cc(Br)cc(Cl)c1Nc1c(C#N)cnc2cc(-c3ccc(CNCCO)o3)ccc12. The summed E-state index contributed by atoms with van der Waals surface area (Å²) in [6, 6.07) is 15.6. The number of aryl methyl sites for hydroxylation is 1. The Morgan fingerprint density at radius 2 is 2.03 bits per heavy atom. The number of fused-ring (bicyclic) bond motifs is 1. The van der Waals surface area contributed by atoms with Crippen LogP contribution in [-0.4, -0.2) is 23.2 Å². The van der Waals surface area contributed by atoms with E-state index in [1.165, 1.54) is 0 Å². The molecule has 2 heterocycles. The van der Waals surface area contributed by atoms with Crippen LogP contribution < -0.4 is 10.6 Å². The van der Waals surface area contributed by atoms with Crippen LogP contribution in [0.3, 0.4) is 0 Å². The fourth-order valence-electron chi connectivity index (χ4n) is 3.47. The number of aromatic nitrogens is 1. The van der Waals surface area contributed by atoms with Gasteiger partial charge >= 0.3 is 0 Å². The molecule has 0 amide bonds. The average Bonchev–Trinajstić information content (AvgIpc) is 3.25. The molecule has 0 radical (unpaired) electrons. The van der Waals surface area contributed by atoms with Crippen molar-refractivity contribution >= 4 is 49.8 Å². The van der Waals surface area contributed by atoms with Crippen molar-refractivity contribution in [2.45, 2.75) is 13.5 Å². The third kappa shape index (κ3) is 4.64. The largest absolute Gasteiger partial charge is 0.460 e. The van der Waals surface area contributed by atoms with Gasteiger partial charge in [0.2, 0.25) is 0 Å². The minimum atomic E-state index is 0.0793. The van der Waals surface area contributed by atoms with Gasteiger partial charge in [-0.2, -0.15) is 5.26 Å². The first-order chi connectivity index (χ1) is 15.5. The third-order valence-electron chi connectivity index (χ3n) is 5.03. The minimum absolute atomic E-state index is 0.0793. The molecule has 0 fully saturated rings. The van der Waals surface area contributed by atoms with Crippen LogP contribution in [0.2, 0.25) is 5.02 Å². The van der Waals surface area contributed by atoms with Gasteiger partial charge in [0.15, 0.2) is 0 Å². The van der Waals surface area contributed by atoms with E-state index in [1.54, 1.807) is 6.20 Å². The molecular formula is C24H20BrClN4O2. The Balaban J connectivity index is 1.71. The van der Waals surface area contributed by atoms with Crippen molar-refractivity contribution in [1.29, 1.82) is 5.26 Å². The Labute approximate surface area is 199 Å². The monoisotopic (exact) mass is 510 g/mol. The average molecular weight is 512 g/mol. The topological polar surface area (TPSA) is 94.1 Å². The number of anilines is 2. The normalized spacial score (nSPS) is 11.0. The van der Waals surface area contributed by atoms with Crippen molar-refractivity contribution < 1.29 is 9.52 Å². The molecule has 3 N–H and O–H groups in total. The summed E-state index contributed by atoms with van der Waals surface area (Å²) in [5, 5.41) is 26.4. The van der Waals surface area contributed by atoms with Crippen molar-refractivity contribution in [3.8, 4) is 17.4 Å². The van der Waals surface area contributed by atoms with Crippen LogP contribution in [0, 0.1) is 18.3 Å². The van der Waals surface area contributed by atoms with E-state index < -0.39 is 0 Å². The Morgan fingerprint density at radius 1 is 1.19 bits per heavy atom. The van der Waals surface area contributed by atoms with E-state index in [0.29, 0.717) is 29.4 Å². The van der Waals surface area contributed by atoms with E-state index >= 15 is 0 Å². The van der Waals surface area contributed by atoms with Crippen molar-refractivity contribution in [2.24, 2.45) is 0 Å². The summed E-state index contributed by atoms with van der Waals surface area (Å²) in [6.45, 7) is 3.08. The number of aliphatic hydroxyl groups excluding tert-OH is 1. The number of nitrogens with one attached hydrogen (secondary N) is 2. The maximum Gasteiger partial charge on any atom is 0.134 e. The van der Waals surface area contributed by atoms with Crippen molar-refractivity contribution in [2.75, 3.05) is 18.5 Å². The van der Waals surface area contributed by atoms with Crippen LogP contribution in [0.15, 0.2) is 57.6 Å². The summed E-state index contributed by atoms with van der Waals surface area (Å²) in [4.78, 5) is 4.48. The van der Waals surface area contributed by atoms with E-state index in [4.69, 9.17) is 21.1 Å². The third-order valence-corrected chi connectivity index (χ3v) is 5.78. The molecule has 2 aromatic carbocycles. The van der Waals surface area contributed by atoms with Crippen LogP contribution >= 0.6 is 27.5 Å². The van der Waals surface area contributed by atoms with Gasteiger partial charge in [0.05, 0.1) is 40.6 Å². The highest BCUT2D eigenvalue weighted by Gasteiger charge is 2.14. The summed E-state index contributed by atoms with van der Waals surface area (Å²) in [7, 11) is 0. The first-order valence-electron chi connectivity index (χ1n) is 9.96. The van der Waals surface area contributed by atoms with Gasteiger partial charge in [0.1, 0.15) is 17.6 Å². The van der Waals surface area contributed by atoms with Gasteiger partial charge in [-0.15, -0.1) is 0 Å². The zero-order chi connectivity index (χ0) is 22.7. The van der Waals surface area contributed by atoms with Gasteiger partial charge in [0.25, 0.3) is 0 Å². The molecule has 0 saturated heterocycles. The molecule has 0 unspecified atom stereocenters. The number of aliphatic hydroxyl groups is 1. The van der Waals surface area contributed by atoms with Crippen molar-refractivity contribution in [3.63, 3.8) is 0 Å². The molecule has 2 aromatic heterocycles. The maximum atomic E-state index is 9.66. The fraction of sp³-hybridized carbons (Fsp3) is 0.167. The predicted molar refractivity (Wildman–Crippen MR) is 130 cm³/mol. The summed E-state index contributed by atoms with van der Waals surface area (Å²) in [5.74, 6) is 1.50. The zero-order valence-corrected chi connectivity index (χ0v) is 19.6. The first kappa shape index (κ1) is 22.3. The Hall–Kier alpha value is -2.89. The van der Waals surface area contributed by atoms with E-state index in [-0.39, 0.29) is 6.61 Å². The van der Waals surface area contributed by atoms with Crippen LogP contribution in [0.25, 0.3) is 22.2 Å². The molecule has 32 heavy (non-hydrogen) atoms. The molecule has 4 rings (SSSR count). The van der Waals surface area contributed by atoms with E-state index in [1.807, 2.05) is 49.4 Å². The standard InChI is InChI=1S/C24H20BrClN4O2/c1-14-8-17(25)10-20(26)23(14)30-24-16(11-27)12-29-21-9-15(2-4-19(21)24)22-5-3-18(32-22)13-28-6-7-31/h2-5,8-10,12,28,31H,6-7,13H2,1H3,(H,29,30). The Kier molecular flexibility index (Phi) is 6.77. The quantitative estimate of drug-likeness (QED) is 0.267. The number of pyridine rings is 1. The van der Waals surface area contributed by atoms with Gasteiger partial charge in [-0.25, -0.2) is 0 Å². The maximum absolute atomic E-state index is 9.66. The van der Waals surface area contributed by atoms with Gasteiger partial charge in [0, 0.05) is 28.2 Å². The highest BCUT2D eigenvalue weighted by molar-refractivity contribution is 9.10. The highest BCUT2D eigenvalue weighted by atomic mass is 79.9. The van der Waals surface area contributed by atoms with E-state index in [2.05, 4.69) is 37.6 Å². The number of furan rings is 1. The van der Waals surface area contributed by atoms with E-state index in [0.717, 1.165) is 43.7 Å². The molecule has 4 aromatic rings. The van der Waals surface area contributed by atoms with Crippen LogP contribution in [0.5, 0.6) is 0 Å². The number of nitrogens with zero attached hydrogens (tertiary/aromatic N) is 2. The Bertz CT molecular complexity index is 1310. The summed E-state index contributed by atoms with van der Waals surface area (Å²) in [6.07, 6.45) is 1.56. The van der Waals surface area contributed by atoms with Gasteiger partial charge in [-0.05, 0) is 48.9 Å². The number of rotatable bonds is 7. The van der Waals surface area contributed by atoms with Gasteiger partial charge in [-0.3, -0.25) is 4.98 Å². The molecule has 0 aliphatic rings. The second kappa shape index (κ2) is 9.72. The Morgan fingerprint density at radius 3 is 2.78 bits per heavy atom. The summed E-state index contributed by atoms with van der Waals surface area (Å²) < 4.78 is 6.81. The first-order valence-corrected chi connectivity index (χ1v) is 11.1. The van der Waals surface area contributed by atoms with Crippen molar-refractivity contribution in [1.82, 2.24) is 10.3 Å². The predicted octanol–water partition coefficient (Wildman–Crippen LogP) is 5.92. The highest BCUT2D eigenvalue weighted by Crippen LogP contribution is 2.36. The number of benzene rings is 2. The molecule has 162 valence electrons. The molecule has 0 atom stereocenters. The van der Waals surface area contributed by atoms with Gasteiger partial charge < -0.3 is 20.2 Å². The molecule has 0 spiro atoms. The van der Waals surface area contributed by atoms with Crippen molar-refractivity contribution in [3.05, 3.63) is 75.0 Å². The molecular weight excluding hydrogens is 492 g/mol. The lowest BCUT2D eigenvalue weighted by Gasteiger charge is -2.15. The number of nitriles is 1. The summed E-state index contributed by atoms with van der Waals surface area (Å²) >= 11 is 9.91. The smallest absolute Gasteiger partial charge is 0.134 e. The molecule has 0 aliphatic carbocycles. The van der Waals surface area contributed by atoms with Gasteiger partial charge in [-0.1, -0.05) is 33.6 Å². The zero-order valence-electron chi connectivity index (χ0n) is 17.2. The molecule has 0 aliphatic heterocycles. The number of halogens is 2. The second-order valence-electron chi connectivity index (χ2n) is 7.26. The molecule has 0 bridgehead atoms. The van der Waals surface area contributed by atoms with Crippen LogP contribution in [-0.2, 0) is 6.54 Å². The van der Waals surface area contributed by atoms with Crippen LogP contribution in [0.1, 0.15) is 16.9 Å². The molecule has 8 heteroatoms. The molecule has 6 nitrogen and oxygen atoms in total. The fourth-order valence-corrected chi connectivity index (χ4v) is 4.49. The minimum Gasteiger partial charge on any atom is -0.460 e. The van der Waals surface area contributed by atoms with Crippen LogP contribution in [0.4, 0.5) is 11.4 Å². The second-order valence-corrected chi connectivity index (χ2v) is 8.58. The molecule has 0 saturated carbocycles. The summed E-state index contributed by atoms with van der Waals surface area (Å²) in [5.41, 5.74) is 4.39. The number of hydrogen-bond acceptors (Lipinski definition) is 6. The lowest BCUT2D eigenvalue weighted by Crippen LogP contribution is -2.16. The van der Waals surface area contributed by atoms with E-state index in [9.17, 15) is 5.26 Å². The lowest BCUT2D eigenvalue weighted by atomic mass is 10.1. The lowest BCUT2D eigenvalue weighted by molar-refractivity contribution is 0.290.